The van der Waals surface area contributed by atoms with Gasteiger partial charge in [0.2, 0.25) is 17.7 Å². The number of thiazole rings is 1. The highest BCUT2D eigenvalue weighted by Gasteiger charge is 2.27. The van der Waals surface area contributed by atoms with Gasteiger partial charge in [-0.05, 0) is 0 Å². The van der Waals surface area contributed by atoms with Crippen molar-refractivity contribution >= 4 is 40.0 Å². The van der Waals surface area contributed by atoms with E-state index in [4.69, 9.17) is 9.94 Å². The summed E-state index contributed by atoms with van der Waals surface area (Å²) in [5.41, 5.74) is -0.378. The predicted octanol–water partition coefficient (Wildman–Crippen LogP) is -0.205. The van der Waals surface area contributed by atoms with Gasteiger partial charge in [0.15, 0.2) is 5.13 Å². The van der Waals surface area contributed by atoms with Crippen LogP contribution in [-0.2, 0) is 19.2 Å². The van der Waals surface area contributed by atoms with Gasteiger partial charge in [-0.1, -0.05) is 5.16 Å². The van der Waals surface area contributed by atoms with Crippen molar-refractivity contribution in [3.63, 3.8) is 0 Å². The van der Waals surface area contributed by atoms with Crippen molar-refractivity contribution in [2.45, 2.75) is 19.4 Å². The maximum absolute atomic E-state index is 11.3. The third-order valence-corrected chi connectivity index (χ3v) is 3.26. The number of amides is 2. The Morgan fingerprint density at radius 3 is 2.95 bits per heavy atom. The first-order valence-electron chi connectivity index (χ1n) is 5.95. The molecule has 1 aliphatic rings. The Labute approximate surface area is 123 Å². The maximum atomic E-state index is 11.3. The topological polar surface area (TPSA) is 130 Å². The normalized spacial score (nSPS) is 18.2. The molecule has 10 heteroatoms. The number of aromatic nitrogens is 1. The molecule has 1 aliphatic heterocycles. The molecular formula is C11H12N4O5S. The number of aliphatic carboxylic acids is 1. The van der Waals surface area contributed by atoms with Gasteiger partial charge in [0, 0.05) is 25.3 Å². The number of oxime groups is 1. The lowest BCUT2D eigenvalue weighted by atomic mass is 10.3. The van der Waals surface area contributed by atoms with Crippen LogP contribution in [-0.4, -0.2) is 46.2 Å². The molecule has 2 rings (SSSR count). The van der Waals surface area contributed by atoms with Gasteiger partial charge < -0.3 is 20.6 Å². The third kappa shape index (κ3) is 3.75. The van der Waals surface area contributed by atoms with Crippen LogP contribution in [0.1, 0.15) is 19.0 Å². The van der Waals surface area contributed by atoms with Crippen LogP contribution < -0.4 is 10.6 Å². The number of carbonyl (C=O) groups is 3. The Morgan fingerprint density at radius 2 is 2.38 bits per heavy atom. The van der Waals surface area contributed by atoms with E-state index in [1.807, 2.05) is 0 Å². The van der Waals surface area contributed by atoms with Gasteiger partial charge in [0.05, 0.1) is 0 Å². The van der Waals surface area contributed by atoms with Gasteiger partial charge in [-0.15, -0.1) is 11.3 Å². The minimum Gasteiger partial charge on any atom is -0.476 e. The van der Waals surface area contributed by atoms with Crippen molar-refractivity contribution in [2.75, 3.05) is 11.9 Å². The van der Waals surface area contributed by atoms with Crippen LogP contribution in [0.3, 0.4) is 0 Å². The summed E-state index contributed by atoms with van der Waals surface area (Å²) in [6.45, 7) is 1.78. The maximum Gasteiger partial charge on any atom is 0.360 e. The van der Waals surface area contributed by atoms with E-state index in [1.54, 1.807) is 0 Å². The van der Waals surface area contributed by atoms with Gasteiger partial charge >= 0.3 is 5.97 Å². The molecule has 0 radical (unpaired) electrons. The first-order valence-corrected chi connectivity index (χ1v) is 6.83. The van der Waals surface area contributed by atoms with Crippen molar-refractivity contribution in [3.8, 4) is 0 Å². The first kappa shape index (κ1) is 14.9. The first-order chi connectivity index (χ1) is 9.97. The van der Waals surface area contributed by atoms with Crippen LogP contribution in [0.15, 0.2) is 10.5 Å². The predicted molar refractivity (Wildman–Crippen MR) is 73.1 cm³/mol. The highest BCUT2D eigenvalue weighted by atomic mass is 32.1. The summed E-state index contributed by atoms with van der Waals surface area (Å²) in [5, 5.41) is 19.3. The van der Waals surface area contributed by atoms with E-state index in [1.165, 1.54) is 12.3 Å². The summed E-state index contributed by atoms with van der Waals surface area (Å²) in [6, 6.07) is 0. The summed E-state index contributed by atoms with van der Waals surface area (Å²) >= 11 is 1.06. The lowest BCUT2D eigenvalue weighted by Crippen LogP contribution is -2.25. The van der Waals surface area contributed by atoms with Crippen LogP contribution in [0.2, 0.25) is 0 Å². The van der Waals surface area contributed by atoms with Crippen molar-refractivity contribution in [3.05, 3.63) is 11.1 Å². The number of hydrogen-bond donors (Lipinski definition) is 3. The molecule has 0 aliphatic carbocycles. The standard InChI is InChI=1S/C11H12N4O5S/c1-5(16)13-11-14-6(4-21-11)8(10(18)19)15-20-7-2-3-12-9(7)17/h4,7H,2-3H2,1H3,(H,12,17)(H,18,19)(H,13,14,16)/b15-8+. The quantitative estimate of drug-likeness (QED) is 0.509. The number of nitrogens with one attached hydrogen (secondary N) is 2. The highest BCUT2D eigenvalue weighted by Crippen LogP contribution is 2.17. The highest BCUT2D eigenvalue weighted by molar-refractivity contribution is 7.14. The van der Waals surface area contributed by atoms with E-state index in [0.29, 0.717) is 13.0 Å². The van der Waals surface area contributed by atoms with Gasteiger partial charge in [0.1, 0.15) is 5.69 Å². The van der Waals surface area contributed by atoms with Crippen LogP contribution in [0.5, 0.6) is 0 Å². The lowest BCUT2D eigenvalue weighted by Gasteiger charge is -2.05. The second-order valence-corrected chi connectivity index (χ2v) is 5.00. The lowest BCUT2D eigenvalue weighted by molar-refractivity contribution is -0.131. The van der Waals surface area contributed by atoms with Crippen molar-refractivity contribution in [1.82, 2.24) is 10.3 Å². The average Bonchev–Trinajstić information content (AvgIpc) is 2.99. The van der Waals surface area contributed by atoms with E-state index in [9.17, 15) is 14.4 Å². The van der Waals surface area contributed by atoms with E-state index < -0.39 is 17.8 Å². The molecule has 1 saturated heterocycles. The molecular weight excluding hydrogens is 300 g/mol. The molecule has 9 nitrogen and oxygen atoms in total. The number of carbonyl (C=O) groups excluding carboxylic acids is 2. The molecule has 1 fully saturated rings. The smallest absolute Gasteiger partial charge is 0.360 e. The Kier molecular flexibility index (Phi) is 4.48. The third-order valence-electron chi connectivity index (χ3n) is 2.50. The molecule has 0 bridgehead atoms. The Bertz CT molecular complexity index is 612. The fourth-order valence-corrected chi connectivity index (χ4v) is 2.32. The molecule has 1 aromatic rings. The fraction of sp³-hybridized carbons (Fsp3) is 0.364. The molecule has 1 atom stereocenters. The van der Waals surface area contributed by atoms with Crippen LogP contribution >= 0.6 is 11.3 Å². The van der Waals surface area contributed by atoms with E-state index in [-0.39, 0.29) is 22.6 Å². The van der Waals surface area contributed by atoms with E-state index >= 15 is 0 Å². The molecule has 2 heterocycles. The SMILES string of the molecule is CC(=O)Nc1nc(/C(=N\OC2CCNC2=O)C(=O)O)cs1. The summed E-state index contributed by atoms with van der Waals surface area (Å²) in [6.07, 6.45) is -0.378. The number of anilines is 1. The van der Waals surface area contributed by atoms with Crippen molar-refractivity contribution in [2.24, 2.45) is 5.16 Å². The molecule has 0 saturated carbocycles. The summed E-state index contributed by atoms with van der Waals surface area (Å²) in [5.74, 6) is -1.99. The minimum absolute atomic E-state index is 0.0506. The molecule has 0 aromatic carbocycles. The monoisotopic (exact) mass is 312 g/mol. The van der Waals surface area contributed by atoms with Gasteiger partial charge in [-0.3, -0.25) is 9.59 Å². The summed E-state index contributed by atoms with van der Waals surface area (Å²) in [4.78, 5) is 42.3. The number of carboxylic acid groups (broad SMARTS) is 1. The molecule has 1 unspecified atom stereocenters. The molecule has 3 N–H and O–H groups in total. The van der Waals surface area contributed by atoms with Crippen LogP contribution in [0.25, 0.3) is 0 Å². The van der Waals surface area contributed by atoms with Crippen LogP contribution in [0.4, 0.5) is 5.13 Å². The van der Waals surface area contributed by atoms with Crippen LogP contribution in [0, 0.1) is 0 Å². The second-order valence-electron chi connectivity index (χ2n) is 4.14. The fourth-order valence-electron chi connectivity index (χ4n) is 1.57. The zero-order valence-corrected chi connectivity index (χ0v) is 11.8. The number of hydrogen-bond acceptors (Lipinski definition) is 7. The molecule has 0 spiro atoms. The summed E-state index contributed by atoms with van der Waals surface area (Å²) < 4.78 is 0. The molecule has 21 heavy (non-hydrogen) atoms. The molecule has 2 amide bonds. The van der Waals surface area contributed by atoms with E-state index in [0.717, 1.165) is 11.3 Å². The molecule has 1 aromatic heterocycles. The largest absolute Gasteiger partial charge is 0.476 e. The van der Waals surface area contributed by atoms with E-state index in [2.05, 4.69) is 20.8 Å². The Hall–Kier alpha value is -2.49. The van der Waals surface area contributed by atoms with Gasteiger partial charge in [0.25, 0.3) is 5.91 Å². The number of carboxylic acids is 1. The Morgan fingerprint density at radius 1 is 1.62 bits per heavy atom. The zero-order valence-electron chi connectivity index (χ0n) is 11.0. The van der Waals surface area contributed by atoms with Gasteiger partial charge in [-0.25, -0.2) is 9.78 Å². The zero-order chi connectivity index (χ0) is 15.4. The van der Waals surface area contributed by atoms with Crippen molar-refractivity contribution < 1.29 is 24.3 Å². The second kappa shape index (κ2) is 6.31. The van der Waals surface area contributed by atoms with Gasteiger partial charge in [-0.2, -0.15) is 0 Å². The Balaban J connectivity index is 2.14. The molecule has 112 valence electrons. The minimum atomic E-state index is -1.34. The number of rotatable bonds is 5. The summed E-state index contributed by atoms with van der Waals surface area (Å²) in [7, 11) is 0. The average molecular weight is 312 g/mol. The number of nitrogens with zero attached hydrogens (tertiary/aromatic N) is 2. The van der Waals surface area contributed by atoms with Crippen molar-refractivity contribution in [1.29, 1.82) is 0 Å².